The van der Waals surface area contributed by atoms with Crippen LogP contribution in [0.5, 0.6) is 0 Å². The van der Waals surface area contributed by atoms with Crippen LogP contribution in [0.3, 0.4) is 0 Å². The van der Waals surface area contributed by atoms with Gasteiger partial charge < -0.3 is 25.1 Å². The number of carboxylic acids is 1. The van der Waals surface area contributed by atoms with Crippen molar-refractivity contribution in [1.82, 2.24) is 0 Å². The molecule has 0 radical (unpaired) electrons. The van der Waals surface area contributed by atoms with Gasteiger partial charge in [-0.3, -0.25) is 13.9 Å². The Morgan fingerprint density at radius 2 is 1.35 bits per heavy atom. The maximum Gasteiger partial charge on any atom is 0.303 e. The van der Waals surface area contributed by atoms with Crippen molar-refractivity contribution >= 4 is 37.6 Å². The smallest absolute Gasteiger partial charge is 0.303 e. The summed E-state index contributed by atoms with van der Waals surface area (Å²) < 4.78 is 67.1. The van der Waals surface area contributed by atoms with Crippen molar-refractivity contribution in [2.75, 3.05) is 22.9 Å². The van der Waals surface area contributed by atoms with Crippen LogP contribution in [0.2, 0.25) is 0 Å². The first-order chi connectivity index (χ1) is 22.2. The number of aliphatic carboxylic acids is 1. The third-order valence-electron chi connectivity index (χ3n) is 9.81. The molecular formula is C34H42N2O10S2. The third kappa shape index (κ3) is 6.15. The molecule has 3 aliphatic rings. The maximum absolute atomic E-state index is 12.0. The van der Waals surface area contributed by atoms with Crippen LogP contribution in [0.1, 0.15) is 71.4 Å². The van der Waals surface area contributed by atoms with Gasteiger partial charge in [0.2, 0.25) is 0 Å². The minimum absolute atomic E-state index is 0.0456. The van der Waals surface area contributed by atoms with Crippen molar-refractivity contribution in [3.05, 3.63) is 82.4 Å². The molecule has 2 aromatic rings. The second kappa shape index (κ2) is 12.3. The number of aliphatic hydroxyl groups is 2. The van der Waals surface area contributed by atoms with E-state index in [2.05, 4.69) is 0 Å². The van der Waals surface area contributed by atoms with Gasteiger partial charge in [0.25, 0.3) is 20.2 Å². The number of nitrogens with zero attached hydrogens (tertiary/aromatic N) is 2. The minimum atomic E-state index is -4.48. The lowest BCUT2D eigenvalue weighted by molar-refractivity contribution is -0.137. The molecule has 0 saturated carbocycles. The first-order valence-electron chi connectivity index (χ1n) is 15.8. The second-order valence-corrected chi connectivity index (χ2v) is 16.4. The van der Waals surface area contributed by atoms with Crippen molar-refractivity contribution in [2.24, 2.45) is 5.92 Å². The SMILES string of the molecule is CCN1/C(=C\C2C(O)=C(/C=C3/N(CCCCCC(=O)O)c4ccc(S(=O)(=O)O)cc4C3(C)C)C2O)C(C)(C)c2cc(S(=O)(=O)O)ccc21. The molecule has 260 valence electrons. The van der Waals surface area contributed by atoms with Gasteiger partial charge in [0.15, 0.2) is 0 Å². The van der Waals surface area contributed by atoms with Crippen LogP contribution in [-0.2, 0) is 35.9 Å². The highest BCUT2D eigenvalue weighted by Gasteiger charge is 2.46. The maximum atomic E-state index is 12.0. The lowest BCUT2D eigenvalue weighted by atomic mass is 9.75. The highest BCUT2D eigenvalue weighted by atomic mass is 32.2. The van der Waals surface area contributed by atoms with E-state index >= 15 is 0 Å². The molecular weight excluding hydrogens is 661 g/mol. The molecule has 0 spiro atoms. The predicted octanol–water partition coefficient (Wildman–Crippen LogP) is 5.31. The molecule has 5 rings (SSSR count). The number of rotatable bonds is 11. The van der Waals surface area contributed by atoms with Crippen LogP contribution in [-0.4, -0.2) is 66.4 Å². The number of aliphatic hydroxyl groups excluding tert-OH is 2. The number of likely N-dealkylation sites (N-methyl/N-ethyl adjacent to an activating group) is 1. The van der Waals surface area contributed by atoms with Crippen LogP contribution >= 0.6 is 0 Å². The Hall–Kier alpha value is -3.69. The van der Waals surface area contributed by atoms with E-state index < -0.39 is 49.1 Å². The van der Waals surface area contributed by atoms with Crippen molar-refractivity contribution < 1.29 is 46.1 Å². The van der Waals surface area contributed by atoms with Gasteiger partial charge in [-0.2, -0.15) is 16.8 Å². The molecule has 0 aromatic heterocycles. The van der Waals surface area contributed by atoms with E-state index in [9.17, 15) is 40.9 Å². The lowest BCUT2D eigenvalue weighted by Crippen LogP contribution is -2.38. The Morgan fingerprint density at radius 1 is 0.833 bits per heavy atom. The largest absolute Gasteiger partial charge is 0.511 e. The average Bonchev–Trinajstić information content (AvgIpc) is 3.34. The minimum Gasteiger partial charge on any atom is -0.511 e. The molecule has 0 fully saturated rings. The van der Waals surface area contributed by atoms with Gasteiger partial charge in [-0.25, -0.2) is 0 Å². The fraction of sp³-hybridized carbons (Fsp3) is 0.441. The van der Waals surface area contributed by atoms with Gasteiger partial charge in [0, 0.05) is 58.7 Å². The molecule has 12 nitrogen and oxygen atoms in total. The summed E-state index contributed by atoms with van der Waals surface area (Å²) in [5.41, 5.74) is 3.00. The van der Waals surface area contributed by atoms with Crippen LogP contribution in [0.4, 0.5) is 11.4 Å². The van der Waals surface area contributed by atoms with Crippen LogP contribution < -0.4 is 9.80 Å². The van der Waals surface area contributed by atoms with Gasteiger partial charge in [0.05, 0.1) is 21.8 Å². The van der Waals surface area contributed by atoms with E-state index in [0.717, 1.165) is 11.4 Å². The summed E-state index contributed by atoms with van der Waals surface area (Å²) in [6.07, 6.45) is 4.21. The average molecular weight is 703 g/mol. The van der Waals surface area contributed by atoms with Crippen LogP contribution in [0, 0.1) is 5.92 Å². The van der Waals surface area contributed by atoms with Crippen molar-refractivity contribution in [2.45, 2.75) is 87.0 Å². The van der Waals surface area contributed by atoms with E-state index in [-0.39, 0.29) is 22.0 Å². The van der Waals surface area contributed by atoms with Gasteiger partial charge in [-0.05, 0) is 73.4 Å². The topological polar surface area (TPSA) is 193 Å². The zero-order valence-electron chi connectivity index (χ0n) is 27.5. The number of hydrogen-bond acceptors (Lipinski definition) is 9. The van der Waals surface area contributed by atoms with E-state index in [4.69, 9.17) is 5.11 Å². The molecule has 0 amide bonds. The Labute approximate surface area is 281 Å². The molecule has 1 aliphatic carbocycles. The number of unbranched alkanes of at least 4 members (excludes halogenated alkanes) is 2. The van der Waals surface area contributed by atoms with Crippen molar-refractivity contribution in [3.63, 3.8) is 0 Å². The summed E-state index contributed by atoms with van der Waals surface area (Å²) in [6, 6.07) is 8.78. The zero-order chi connectivity index (χ0) is 35.6. The normalized spacial score (nSPS) is 23.1. The molecule has 0 saturated heterocycles. The van der Waals surface area contributed by atoms with Crippen molar-refractivity contribution in [3.8, 4) is 0 Å². The fourth-order valence-corrected chi connectivity index (χ4v) is 8.15. The summed E-state index contributed by atoms with van der Waals surface area (Å²) in [7, 11) is -8.90. The Morgan fingerprint density at radius 3 is 1.83 bits per heavy atom. The summed E-state index contributed by atoms with van der Waals surface area (Å²) >= 11 is 0. The summed E-state index contributed by atoms with van der Waals surface area (Å²) in [4.78, 5) is 14.5. The fourth-order valence-electron chi connectivity index (χ4n) is 7.13. The first kappa shape index (κ1) is 35.6. The third-order valence-corrected chi connectivity index (χ3v) is 11.5. The quantitative estimate of drug-likeness (QED) is 0.150. The monoisotopic (exact) mass is 702 g/mol. The molecule has 0 bridgehead atoms. The summed E-state index contributed by atoms with van der Waals surface area (Å²) in [6.45, 7) is 10.5. The molecule has 48 heavy (non-hydrogen) atoms. The van der Waals surface area contributed by atoms with Gasteiger partial charge in [-0.15, -0.1) is 0 Å². The van der Waals surface area contributed by atoms with Crippen molar-refractivity contribution in [1.29, 1.82) is 0 Å². The highest BCUT2D eigenvalue weighted by molar-refractivity contribution is 7.86. The van der Waals surface area contributed by atoms with Crippen LogP contribution in [0.15, 0.2) is 81.1 Å². The highest BCUT2D eigenvalue weighted by Crippen LogP contribution is 2.52. The Kier molecular flexibility index (Phi) is 9.14. The number of fused-ring (bicyclic) bond motifs is 2. The number of carboxylic acid groups (broad SMARTS) is 1. The number of benzene rings is 2. The first-order valence-corrected chi connectivity index (χ1v) is 18.7. The standard InChI is InChI=1S/C34H42N2O10S2/c1-6-35-26-13-11-20(47(41,42)43)16-24(26)33(2,3)28(35)18-22-31(39)23(32(22)40)19-29-34(4,5)25-17-21(48(44,45)46)12-14-27(25)36(29)15-9-7-8-10-30(37)38/h11-14,16-19,22,31,39-40H,6-10,15H2,1-5H3,(H,37,38)(H,41,42,43)(H,44,45,46)/b28-18-,29-19+. The van der Waals surface area contributed by atoms with E-state index in [1.165, 1.54) is 24.3 Å². The Bertz CT molecular complexity index is 1980. The second-order valence-electron chi connectivity index (χ2n) is 13.6. The molecule has 2 aromatic carbocycles. The molecule has 5 N–H and O–H groups in total. The summed E-state index contributed by atoms with van der Waals surface area (Å²) in [5.74, 6) is -1.68. The zero-order valence-corrected chi connectivity index (χ0v) is 29.1. The van der Waals surface area contributed by atoms with Crippen LogP contribution in [0.25, 0.3) is 0 Å². The van der Waals surface area contributed by atoms with E-state index in [1.807, 2.05) is 44.4 Å². The number of allylic oxidation sites excluding steroid dienone is 2. The van der Waals surface area contributed by atoms with Gasteiger partial charge in [0.1, 0.15) is 5.76 Å². The number of carbonyl (C=O) groups is 1. The Balaban J connectivity index is 1.52. The van der Waals surface area contributed by atoms with Gasteiger partial charge in [-0.1, -0.05) is 40.2 Å². The molecule has 2 aliphatic heterocycles. The molecule has 14 heteroatoms. The summed E-state index contributed by atoms with van der Waals surface area (Å²) in [5, 5.41) is 31.9. The van der Waals surface area contributed by atoms with E-state index in [1.54, 1.807) is 24.3 Å². The molecule has 2 heterocycles. The lowest BCUT2D eigenvalue weighted by Gasteiger charge is -2.37. The van der Waals surface area contributed by atoms with Gasteiger partial charge >= 0.3 is 5.97 Å². The number of hydrogen-bond donors (Lipinski definition) is 5. The predicted molar refractivity (Wildman–Crippen MR) is 180 cm³/mol. The number of anilines is 2. The molecule has 2 atom stereocenters. The van der Waals surface area contributed by atoms with E-state index in [0.29, 0.717) is 60.4 Å². The molecule has 2 unspecified atom stereocenters.